The molecule has 1 aliphatic rings. The summed E-state index contributed by atoms with van der Waals surface area (Å²) in [5.41, 5.74) is 2.13. The Kier molecular flexibility index (Phi) is 5.13. The van der Waals surface area contributed by atoms with Gasteiger partial charge in [0.25, 0.3) is 0 Å². The Morgan fingerprint density at radius 3 is 2.58 bits per heavy atom. The van der Waals surface area contributed by atoms with Crippen LogP contribution in [0.1, 0.15) is 11.1 Å². The van der Waals surface area contributed by atoms with Gasteiger partial charge < -0.3 is 14.5 Å². The van der Waals surface area contributed by atoms with E-state index in [1.54, 1.807) is 19.2 Å². The number of carbonyl (C=O) groups excluding carboxylic acids is 2. The Labute approximate surface area is 155 Å². The van der Waals surface area contributed by atoms with Crippen molar-refractivity contribution in [2.75, 3.05) is 25.1 Å². The fourth-order valence-corrected chi connectivity index (χ4v) is 3.14. The normalized spacial score (nSPS) is 14.8. The molecule has 0 radical (unpaired) electrons. The summed E-state index contributed by atoms with van der Waals surface area (Å²) in [6, 6.07) is 9.39. The Balaban J connectivity index is 1.80. The largest absolute Gasteiger partial charge is 0.497 e. The molecule has 1 fully saturated rings. The first-order valence-corrected chi connectivity index (χ1v) is 8.48. The maximum atomic E-state index is 13.2. The van der Waals surface area contributed by atoms with Crippen molar-refractivity contribution >= 4 is 29.1 Å². The minimum atomic E-state index is -0.612. The Hall–Kier alpha value is -2.60. The van der Waals surface area contributed by atoms with E-state index in [0.29, 0.717) is 30.1 Å². The topological polar surface area (TPSA) is 49.9 Å². The van der Waals surface area contributed by atoms with Crippen molar-refractivity contribution in [3.8, 4) is 5.75 Å². The summed E-state index contributed by atoms with van der Waals surface area (Å²) in [6.45, 7) is 2.75. The van der Waals surface area contributed by atoms with E-state index in [2.05, 4.69) is 0 Å². The summed E-state index contributed by atoms with van der Waals surface area (Å²) in [5.74, 6) is -1.05. The van der Waals surface area contributed by atoms with E-state index in [0.717, 1.165) is 5.56 Å². The van der Waals surface area contributed by atoms with Gasteiger partial charge in [-0.2, -0.15) is 0 Å². The van der Waals surface area contributed by atoms with Gasteiger partial charge in [-0.05, 0) is 36.2 Å². The van der Waals surface area contributed by atoms with Gasteiger partial charge in [-0.1, -0.05) is 23.7 Å². The van der Waals surface area contributed by atoms with Crippen LogP contribution in [0.4, 0.5) is 10.1 Å². The highest BCUT2D eigenvalue weighted by atomic mass is 35.5. The van der Waals surface area contributed by atoms with E-state index in [1.807, 2.05) is 13.0 Å². The predicted molar refractivity (Wildman–Crippen MR) is 96.9 cm³/mol. The van der Waals surface area contributed by atoms with Gasteiger partial charge in [-0.15, -0.1) is 0 Å². The molecule has 1 saturated heterocycles. The van der Waals surface area contributed by atoms with Crippen LogP contribution < -0.4 is 9.64 Å². The van der Waals surface area contributed by atoms with Crippen LogP contribution in [0.15, 0.2) is 36.4 Å². The van der Waals surface area contributed by atoms with Gasteiger partial charge in [0.15, 0.2) is 0 Å². The zero-order valence-corrected chi connectivity index (χ0v) is 15.2. The van der Waals surface area contributed by atoms with Crippen molar-refractivity contribution in [3.63, 3.8) is 0 Å². The van der Waals surface area contributed by atoms with Gasteiger partial charge in [0.2, 0.25) is 0 Å². The minimum absolute atomic E-state index is 0.161. The molecule has 5 nitrogen and oxygen atoms in total. The van der Waals surface area contributed by atoms with Crippen molar-refractivity contribution in [3.05, 3.63) is 58.4 Å². The average molecular weight is 377 g/mol. The van der Waals surface area contributed by atoms with E-state index in [4.69, 9.17) is 16.3 Å². The Morgan fingerprint density at radius 1 is 1.12 bits per heavy atom. The van der Waals surface area contributed by atoms with Crippen LogP contribution in [0.25, 0.3) is 0 Å². The SMILES string of the molecule is COc1ccc(C)c(N2CCN(Cc3ccc(F)cc3Cl)C(=O)C2=O)c1. The molecule has 0 saturated carbocycles. The van der Waals surface area contributed by atoms with Gasteiger partial charge in [0, 0.05) is 30.7 Å². The van der Waals surface area contributed by atoms with E-state index < -0.39 is 17.6 Å². The highest BCUT2D eigenvalue weighted by Crippen LogP contribution is 2.28. The monoisotopic (exact) mass is 376 g/mol. The Morgan fingerprint density at radius 2 is 1.88 bits per heavy atom. The quantitative estimate of drug-likeness (QED) is 0.770. The van der Waals surface area contributed by atoms with Gasteiger partial charge in [-0.3, -0.25) is 9.59 Å². The lowest BCUT2D eigenvalue weighted by Crippen LogP contribution is -2.54. The number of benzene rings is 2. The van der Waals surface area contributed by atoms with Crippen molar-refractivity contribution in [1.82, 2.24) is 4.90 Å². The highest BCUT2D eigenvalue weighted by molar-refractivity contribution is 6.41. The van der Waals surface area contributed by atoms with E-state index in [1.165, 1.54) is 28.0 Å². The Bertz CT molecular complexity index is 872. The molecule has 136 valence electrons. The predicted octanol–water partition coefficient (Wildman–Crippen LogP) is 3.17. The molecule has 0 N–H and O–H groups in total. The summed E-state index contributed by atoms with van der Waals surface area (Å²) in [7, 11) is 1.55. The second-order valence-corrected chi connectivity index (χ2v) is 6.48. The number of nitrogens with zero attached hydrogens (tertiary/aromatic N) is 2. The first kappa shape index (κ1) is 18.2. The van der Waals surface area contributed by atoms with Crippen LogP contribution in [-0.2, 0) is 16.1 Å². The number of ether oxygens (including phenoxy) is 1. The molecule has 2 aromatic carbocycles. The molecule has 0 aromatic heterocycles. The number of methoxy groups -OCH3 is 1. The summed E-state index contributed by atoms with van der Waals surface area (Å²) in [5, 5.41) is 0.233. The molecule has 26 heavy (non-hydrogen) atoms. The van der Waals surface area contributed by atoms with Crippen LogP contribution in [-0.4, -0.2) is 36.9 Å². The van der Waals surface area contributed by atoms with Crippen LogP contribution in [0.2, 0.25) is 5.02 Å². The molecule has 1 heterocycles. The zero-order chi connectivity index (χ0) is 18.8. The third-order valence-electron chi connectivity index (χ3n) is 4.39. The fraction of sp³-hybridized carbons (Fsp3) is 0.263. The van der Waals surface area contributed by atoms with E-state index >= 15 is 0 Å². The molecule has 2 aromatic rings. The first-order chi connectivity index (χ1) is 12.4. The van der Waals surface area contributed by atoms with Gasteiger partial charge in [-0.25, -0.2) is 4.39 Å². The third kappa shape index (κ3) is 3.51. The number of rotatable bonds is 4. The molecule has 2 amide bonds. The molecule has 0 spiro atoms. The standard InChI is InChI=1S/C19H18ClFN2O3/c1-12-3-6-15(26-2)10-17(12)23-8-7-22(18(24)19(23)25)11-13-4-5-14(21)9-16(13)20/h3-6,9-10H,7-8,11H2,1-2H3. The van der Waals surface area contributed by atoms with Gasteiger partial charge in [0.1, 0.15) is 11.6 Å². The molecular weight excluding hydrogens is 359 g/mol. The van der Waals surface area contributed by atoms with Gasteiger partial charge in [0.05, 0.1) is 12.8 Å². The smallest absolute Gasteiger partial charge is 0.316 e. The number of piperazine rings is 1. The lowest BCUT2D eigenvalue weighted by molar-refractivity contribution is -0.146. The molecule has 7 heteroatoms. The molecule has 1 aliphatic heterocycles. The second-order valence-electron chi connectivity index (χ2n) is 6.07. The van der Waals surface area contributed by atoms with Crippen LogP contribution in [0, 0.1) is 12.7 Å². The average Bonchev–Trinajstić information content (AvgIpc) is 2.62. The van der Waals surface area contributed by atoms with Crippen LogP contribution in [0.5, 0.6) is 5.75 Å². The van der Waals surface area contributed by atoms with Crippen molar-refractivity contribution in [1.29, 1.82) is 0 Å². The number of amides is 2. The van der Waals surface area contributed by atoms with Crippen molar-refractivity contribution < 1.29 is 18.7 Å². The number of hydrogen-bond acceptors (Lipinski definition) is 3. The van der Waals surface area contributed by atoms with Crippen LogP contribution in [0.3, 0.4) is 0 Å². The highest BCUT2D eigenvalue weighted by Gasteiger charge is 2.34. The number of anilines is 1. The molecular formula is C19H18ClFN2O3. The maximum Gasteiger partial charge on any atom is 0.316 e. The summed E-state index contributed by atoms with van der Waals surface area (Å²) in [4.78, 5) is 28.0. The number of hydrogen-bond donors (Lipinski definition) is 0. The lowest BCUT2D eigenvalue weighted by atomic mass is 10.1. The van der Waals surface area contributed by atoms with Crippen molar-refractivity contribution in [2.24, 2.45) is 0 Å². The number of halogens is 2. The molecule has 3 rings (SSSR count). The molecule has 0 bridgehead atoms. The van der Waals surface area contributed by atoms with Gasteiger partial charge >= 0.3 is 11.8 Å². The molecule has 0 aliphatic carbocycles. The number of aryl methyl sites for hydroxylation is 1. The molecule has 0 unspecified atom stereocenters. The first-order valence-electron chi connectivity index (χ1n) is 8.10. The zero-order valence-electron chi connectivity index (χ0n) is 14.5. The van der Waals surface area contributed by atoms with Crippen molar-refractivity contribution in [2.45, 2.75) is 13.5 Å². The summed E-state index contributed by atoms with van der Waals surface area (Å²) >= 11 is 6.02. The fourth-order valence-electron chi connectivity index (χ4n) is 2.92. The van der Waals surface area contributed by atoms with Crippen LogP contribution >= 0.6 is 11.6 Å². The summed E-state index contributed by atoms with van der Waals surface area (Å²) in [6.07, 6.45) is 0. The third-order valence-corrected chi connectivity index (χ3v) is 4.74. The molecule has 0 atom stereocenters. The lowest BCUT2D eigenvalue weighted by Gasteiger charge is -2.34. The van der Waals surface area contributed by atoms with E-state index in [-0.39, 0.29) is 11.6 Å². The summed E-state index contributed by atoms with van der Waals surface area (Å²) < 4.78 is 18.4. The minimum Gasteiger partial charge on any atom is -0.497 e. The second kappa shape index (κ2) is 7.33. The van der Waals surface area contributed by atoms with E-state index in [9.17, 15) is 14.0 Å². The number of carbonyl (C=O) groups is 2. The maximum absolute atomic E-state index is 13.2.